The molecule has 2 aliphatic carbocycles. The predicted molar refractivity (Wildman–Crippen MR) is 122 cm³/mol. The van der Waals surface area contributed by atoms with Gasteiger partial charge in [-0.2, -0.15) is 5.10 Å². The summed E-state index contributed by atoms with van der Waals surface area (Å²) in [5.74, 6) is 0.359. The number of aliphatic hydroxyl groups is 2. The van der Waals surface area contributed by atoms with Crippen molar-refractivity contribution >= 4 is 6.08 Å². The van der Waals surface area contributed by atoms with Gasteiger partial charge in [-0.1, -0.05) is 12.5 Å². The van der Waals surface area contributed by atoms with Crippen molar-refractivity contribution in [2.45, 2.75) is 38.7 Å². The molecule has 2 heterocycles. The second-order valence-electron chi connectivity index (χ2n) is 9.40. The molecule has 1 saturated carbocycles. The van der Waals surface area contributed by atoms with Gasteiger partial charge in [-0.15, -0.1) is 0 Å². The van der Waals surface area contributed by atoms with Crippen molar-refractivity contribution in [2.75, 3.05) is 13.7 Å². The highest BCUT2D eigenvalue weighted by Gasteiger charge is 2.56. The minimum absolute atomic E-state index is 0.0184. The van der Waals surface area contributed by atoms with E-state index in [9.17, 15) is 14.6 Å². The summed E-state index contributed by atoms with van der Waals surface area (Å²) in [4.78, 5) is 4.35. The number of hydrogen-bond donors (Lipinski definition) is 2. The van der Waals surface area contributed by atoms with Crippen molar-refractivity contribution in [3.8, 4) is 11.4 Å². The molecule has 1 aromatic carbocycles. The monoisotopic (exact) mass is 449 g/mol. The Morgan fingerprint density at radius 1 is 1.18 bits per heavy atom. The number of allylic oxidation sites excluding steroid dienone is 1. The Morgan fingerprint density at radius 2 is 1.97 bits per heavy atom. The Labute approximate surface area is 192 Å². The predicted octanol–water partition coefficient (Wildman–Crippen LogP) is 4.26. The second-order valence-corrected chi connectivity index (χ2v) is 9.40. The van der Waals surface area contributed by atoms with Crippen molar-refractivity contribution < 1.29 is 19.3 Å². The van der Waals surface area contributed by atoms with E-state index < -0.39 is 11.5 Å². The van der Waals surface area contributed by atoms with Crippen molar-refractivity contribution in [1.29, 1.82) is 0 Å². The SMILES string of the molecule is COc1ccc(C(O)CC2(CO)CCC3=Cc4c(cnn4-c4ccc(F)cc4)CC32C)nc1. The fraction of sp³-hybridized carbons (Fsp3) is 0.385. The van der Waals surface area contributed by atoms with Crippen LogP contribution in [-0.4, -0.2) is 38.7 Å². The summed E-state index contributed by atoms with van der Waals surface area (Å²) in [5.41, 5.74) is 3.94. The first-order valence-electron chi connectivity index (χ1n) is 11.2. The molecule has 0 radical (unpaired) electrons. The lowest BCUT2D eigenvalue weighted by molar-refractivity contribution is -0.0149. The zero-order valence-electron chi connectivity index (χ0n) is 18.8. The van der Waals surface area contributed by atoms with Gasteiger partial charge in [0, 0.05) is 17.4 Å². The van der Waals surface area contributed by atoms with Crippen molar-refractivity contribution in [3.63, 3.8) is 0 Å². The molecule has 0 spiro atoms. The largest absolute Gasteiger partial charge is 0.495 e. The number of rotatable bonds is 6. The fourth-order valence-electron chi connectivity index (χ4n) is 5.64. The second kappa shape index (κ2) is 8.08. The normalized spacial score (nSPS) is 24.7. The molecule has 7 heteroatoms. The first kappa shape index (κ1) is 21.8. The van der Waals surface area contributed by atoms with Gasteiger partial charge in [-0.25, -0.2) is 9.07 Å². The molecule has 6 nitrogen and oxygen atoms in total. The lowest BCUT2D eigenvalue weighted by Crippen LogP contribution is -2.43. The molecule has 5 rings (SSSR count). The highest BCUT2D eigenvalue weighted by atomic mass is 19.1. The first-order chi connectivity index (χ1) is 15.9. The number of hydrogen-bond acceptors (Lipinski definition) is 5. The maximum atomic E-state index is 13.4. The van der Waals surface area contributed by atoms with E-state index in [0.717, 1.165) is 36.2 Å². The zero-order valence-corrected chi connectivity index (χ0v) is 18.8. The van der Waals surface area contributed by atoms with E-state index in [4.69, 9.17) is 4.74 Å². The number of fused-ring (bicyclic) bond motifs is 2. The van der Waals surface area contributed by atoms with Gasteiger partial charge < -0.3 is 14.9 Å². The van der Waals surface area contributed by atoms with Crippen LogP contribution in [0.4, 0.5) is 4.39 Å². The molecule has 3 atom stereocenters. The smallest absolute Gasteiger partial charge is 0.137 e. The summed E-state index contributed by atoms with van der Waals surface area (Å²) in [5, 5.41) is 26.2. The number of nitrogens with zero attached hydrogens (tertiary/aromatic N) is 3. The number of pyridine rings is 1. The number of aromatic nitrogens is 3. The Balaban J connectivity index is 1.46. The van der Waals surface area contributed by atoms with E-state index in [-0.39, 0.29) is 17.8 Å². The van der Waals surface area contributed by atoms with Crippen LogP contribution in [0.3, 0.4) is 0 Å². The standard InChI is InChI=1S/C26H28FN3O3/c1-25-12-17-14-29-30(20-5-3-19(27)4-6-20)23(17)11-18(25)9-10-26(25,16-31)13-24(32)22-8-7-21(33-2)15-28-22/h3-8,11,14-15,24,31-32H,9-10,12-13,16H2,1-2H3. The number of methoxy groups -OCH3 is 1. The number of halogens is 1. The van der Waals surface area contributed by atoms with Crippen LogP contribution in [0.2, 0.25) is 0 Å². The lowest BCUT2D eigenvalue weighted by Gasteiger charge is -2.46. The molecular formula is C26H28FN3O3. The van der Waals surface area contributed by atoms with Gasteiger partial charge in [0.25, 0.3) is 0 Å². The van der Waals surface area contributed by atoms with E-state index in [2.05, 4.69) is 23.1 Å². The molecule has 172 valence electrons. The molecule has 3 unspecified atom stereocenters. The molecule has 0 bridgehead atoms. The van der Waals surface area contributed by atoms with Crippen LogP contribution in [0, 0.1) is 16.6 Å². The van der Waals surface area contributed by atoms with E-state index in [1.165, 1.54) is 17.7 Å². The van der Waals surface area contributed by atoms with Crippen LogP contribution < -0.4 is 4.74 Å². The van der Waals surface area contributed by atoms with Crippen molar-refractivity contribution in [2.24, 2.45) is 10.8 Å². The maximum absolute atomic E-state index is 13.4. The molecule has 2 aliphatic rings. The van der Waals surface area contributed by atoms with Gasteiger partial charge in [0.15, 0.2) is 0 Å². The topological polar surface area (TPSA) is 80.4 Å². The average Bonchev–Trinajstić information content (AvgIpc) is 3.36. The third-order valence-electron chi connectivity index (χ3n) is 7.79. The van der Waals surface area contributed by atoms with E-state index in [1.807, 2.05) is 10.9 Å². The molecule has 0 amide bonds. The molecular weight excluding hydrogens is 421 g/mol. The van der Waals surface area contributed by atoms with Crippen LogP contribution in [0.25, 0.3) is 11.8 Å². The zero-order chi connectivity index (χ0) is 23.2. The molecule has 2 aromatic heterocycles. The first-order valence-corrected chi connectivity index (χ1v) is 11.2. The van der Waals surface area contributed by atoms with Crippen LogP contribution in [0.5, 0.6) is 5.75 Å². The molecule has 2 N–H and O–H groups in total. The number of aliphatic hydroxyl groups excluding tert-OH is 2. The average molecular weight is 450 g/mol. The van der Waals surface area contributed by atoms with Gasteiger partial charge in [0.2, 0.25) is 0 Å². The number of benzene rings is 1. The van der Waals surface area contributed by atoms with Crippen LogP contribution in [0.1, 0.15) is 49.2 Å². The van der Waals surface area contributed by atoms with Crippen LogP contribution in [-0.2, 0) is 6.42 Å². The van der Waals surface area contributed by atoms with Gasteiger partial charge in [0.1, 0.15) is 11.6 Å². The minimum Gasteiger partial charge on any atom is -0.495 e. The Hall–Kier alpha value is -3.03. The molecule has 0 saturated heterocycles. The molecule has 1 fully saturated rings. The number of ether oxygens (including phenoxy) is 1. The van der Waals surface area contributed by atoms with Crippen molar-refractivity contribution in [3.05, 3.63) is 77.1 Å². The van der Waals surface area contributed by atoms with Gasteiger partial charge in [-0.3, -0.25) is 4.98 Å². The fourth-order valence-corrected chi connectivity index (χ4v) is 5.64. The summed E-state index contributed by atoms with van der Waals surface area (Å²) in [7, 11) is 1.58. The summed E-state index contributed by atoms with van der Waals surface area (Å²) < 4.78 is 20.4. The summed E-state index contributed by atoms with van der Waals surface area (Å²) in [6.45, 7) is 2.17. The molecule has 33 heavy (non-hydrogen) atoms. The summed E-state index contributed by atoms with van der Waals surface area (Å²) in [6, 6.07) is 9.87. The summed E-state index contributed by atoms with van der Waals surface area (Å²) >= 11 is 0. The maximum Gasteiger partial charge on any atom is 0.137 e. The van der Waals surface area contributed by atoms with Gasteiger partial charge in [0.05, 0.1) is 42.7 Å². The third kappa shape index (κ3) is 3.47. The molecule has 3 aromatic rings. The minimum atomic E-state index is -0.789. The van der Waals surface area contributed by atoms with Crippen LogP contribution >= 0.6 is 0 Å². The highest BCUT2D eigenvalue weighted by Crippen LogP contribution is 2.62. The quantitative estimate of drug-likeness (QED) is 0.588. The van der Waals surface area contributed by atoms with Gasteiger partial charge in [-0.05, 0) is 73.7 Å². The Bertz CT molecular complexity index is 1190. The van der Waals surface area contributed by atoms with Gasteiger partial charge >= 0.3 is 0 Å². The summed E-state index contributed by atoms with van der Waals surface area (Å²) in [6.07, 6.45) is 7.60. The Morgan fingerprint density at radius 3 is 2.64 bits per heavy atom. The van der Waals surface area contributed by atoms with E-state index >= 15 is 0 Å². The lowest BCUT2D eigenvalue weighted by atomic mass is 9.59. The van der Waals surface area contributed by atoms with Crippen molar-refractivity contribution in [1.82, 2.24) is 14.8 Å². The third-order valence-corrected chi connectivity index (χ3v) is 7.79. The molecule has 0 aliphatic heterocycles. The Kier molecular flexibility index (Phi) is 5.34. The van der Waals surface area contributed by atoms with E-state index in [1.54, 1.807) is 37.6 Å². The highest BCUT2D eigenvalue weighted by molar-refractivity contribution is 5.62. The van der Waals surface area contributed by atoms with Crippen LogP contribution in [0.15, 0.2) is 54.4 Å². The van der Waals surface area contributed by atoms with E-state index in [0.29, 0.717) is 17.9 Å².